The van der Waals surface area contributed by atoms with Crippen LogP contribution in [0.2, 0.25) is 0 Å². The van der Waals surface area contributed by atoms with E-state index in [9.17, 15) is 5.11 Å². The van der Waals surface area contributed by atoms with Crippen LogP contribution < -0.4 is 0 Å². The maximum Gasteiger partial charge on any atom is 0.192 e. The summed E-state index contributed by atoms with van der Waals surface area (Å²) in [6, 6.07) is 7.23. The summed E-state index contributed by atoms with van der Waals surface area (Å²) in [5.41, 5.74) is 1.60. The fourth-order valence-electron chi connectivity index (χ4n) is 1.79. The third kappa shape index (κ3) is 2.10. The fourth-order valence-corrected chi connectivity index (χ4v) is 1.79. The molecule has 0 amide bonds. The van der Waals surface area contributed by atoms with E-state index >= 15 is 0 Å². The highest BCUT2D eigenvalue weighted by molar-refractivity contribution is 5.27. The average molecular weight is 224 g/mol. The molecule has 2 rings (SSSR count). The monoisotopic (exact) mass is 224 g/mol. The summed E-state index contributed by atoms with van der Waals surface area (Å²) in [5.74, 6) is -0.678. The van der Waals surface area contributed by atoms with Crippen molar-refractivity contribution in [1.29, 1.82) is 0 Å². The summed E-state index contributed by atoms with van der Waals surface area (Å²) in [5, 5.41) is 18.3. The van der Waals surface area contributed by atoms with Gasteiger partial charge >= 0.3 is 0 Å². The van der Waals surface area contributed by atoms with Gasteiger partial charge in [0.25, 0.3) is 0 Å². The van der Waals surface area contributed by atoms with Crippen molar-refractivity contribution in [3.63, 3.8) is 0 Å². The number of rotatable bonds is 3. The number of hydrogen-bond donors (Lipinski definition) is 2. The van der Waals surface area contributed by atoms with Gasteiger partial charge in [0.15, 0.2) is 5.79 Å². The molecule has 88 valence electrons. The Hall–Kier alpha value is -0.940. The van der Waals surface area contributed by atoms with Crippen LogP contribution in [0.25, 0.3) is 0 Å². The molecule has 1 aliphatic rings. The second-order valence-electron chi connectivity index (χ2n) is 3.96. The molecule has 2 N–H and O–H groups in total. The minimum atomic E-state index is -0.827. The highest BCUT2D eigenvalue weighted by atomic mass is 16.7. The van der Waals surface area contributed by atoms with Crippen molar-refractivity contribution in [2.24, 2.45) is 0 Å². The number of aliphatic hydroxyl groups is 2. The highest BCUT2D eigenvalue weighted by Gasteiger charge is 2.32. The van der Waals surface area contributed by atoms with Crippen molar-refractivity contribution in [3.05, 3.63) is 35.4 Å². The molecular formula is C12H16O4. The van der Waals surface area contributed by atoms with E-state index in [0.717, 1.165) is 5.56 Å². The highest BCUT2D eigenvalue weighted by Crippen LogP contribution is 2.31. The minimum absolute atomic E-state index is 0.274. The van der Waals surface area contributed by atoms with E-state index in [2.05, 4.69) is 0 Å². The maximum atomic E-state index is 9.44. The standard InChI is InChI=1S/C12H16O4/c1-12(15-6-7-16-12)10-4-2-9(3-5-10)11(14)8-13/h2-5,11,13-14H,6-8H2,1H3. The molecule has 0 saturated carbocycles. The summed E-state index contributed by atoms with van der Waals surface area (Å²) < 4.78 is 11.0. The second kappa shape index (κ2) is 4.51. The van der Waals surface area contributed by atoms with E-state index in [1.807, 2.05) is 19.1 Å². The first kappa shape index (κ1) is 11.5. The van der Waals surface area contributed by atoms with Crippen LogP contribution in [0, 0.1) is 0 Å². The fraction of sp³-hybridized carbons (Fsp3) is 0.500. The van der Waals surface area contributed by atoms with Crippen molar-refractivity contribution < 1.29 is 19.7 Å². The van der Waals surface area contributed by atoms with Crippen molar-refractivity contribution in [3.8, 4) is 0 Å². The lowest BCUT2D eigenvalue weighted by Crippen LogP contribution is -2.22. The van der Waals surface area contributed by atoms with Gasteiger partial charge < -0.3 is 19.7 Å². The molecule has 1 unspecified atom stereocenters. The predicted octanol–water partition coefficient (Wildman–Crippen LogP) is 0.932. The first-order chi connectivity index (χ1) is 7.65. The van der Waals surface area contributed by atoms with Gasteiger partial charge in [-0.25, -0.2) is 0 Å². The lowest BCUT2D eigenvalue weighted by Gasteiger charge is -2.23. The number of aliphatic hydroxyl groups excluding tert-OH is 2. The Bertz CT molecular complexity index is 341. The largest absolute Gasteiger partial charge is 0.393 e. The molecule has 16 heavy (non-hydrogen) atoms. The van der Waals surface area contributed by atoms with Crippen LogP contribution in [0.4, 0.5) is 0 Å². The molecule has 1 aromatic carbocycles. The zero-order valence-electron chi connectivity index (χ0n) is 9.22. The predicted molar refractivity (Wildman–Crippen MR) is 57.7 cm³/mol. The molecule has 1 fully saturated rings. The Morgan fingerprint density at radius 1 is 1.25 bits per heavy atom. The molecule has 1 aliphatic heterocycles. The van der Waals surface area contributed by atoms with E-state index < -0.39 is 11.9 Å². The lowest BCUT2D eigenvalue weighted by molar-refractivity contribution is -0.149. The Balaban J connectivity index is 2.18. The topological polar surface area (TPSA) is 58.9 Å². The SMILES string of the molecule is CC1(c2ccc(C(O)CO)cc2)OCCO1. The molecule has 0 aromatic heterocycles. The van der Waals surface area contributed by atoms with E-state index in [1.165, 1.54) is 0 Å². The van der Waals surface area contributed by atoms with Gasteiger partial charge in [0, 0.05) is 5.56 Å². The van der Waals surface area contributed by atoms with Crippen molar-refractivity contribution in [2.75, 3.05) is 19.8 Å². The van der Waals surface area contributed by atoms with Gasteiger partial charge in [-0.3, -0.25) is 0 Å². The van der Waals surface area contributed by atoms with Gasteiger partial charge in [-0.2, -0.15) is 0 Å². The van der Waals surface area contributed by atoms with Gasteiger partial charge in [0.2, 0.25) is 0 Å². The Morgan fingerprint density at radius 3 is 2.31 bits per heavy atom. The van der Waals surface area contributed by atoms with Crippen LogP contribution >= 0.6 is 0 Å². The van der Waals surface area contributed by atoms with Crippen molar-refractivity contribution >= 4 is 0 Å². The summed E-state index contributed by atoms with van der Waals surface area (Å²) in [6.45, 7) is 2.79. The minimum Gasteiger partial charge on any atom is -0.393 e. The molecule has 0 spiro atoms. The zero-order valence-corrected chi connectivity index (χ0v) is 9.22. The van der Waals surface area contributed by atoms with E-state index in [4.69, 9.17) is 14.6 Å². The smallest absolute Gasteiger partial charge is 0.192 e. The normalized spacial score (nSPS) is 20.9. The molecular weight excluding hydrogens is 208 g/mol. The first-order valence-electron chi connectivity index (χ1n) is 5.33. The number of benzene rings is 1. The van der Waals surface area contributed by atoms with Crippen LogP contribution in [0.1, 0.15) is 24.2 Å². The molecule has 4 heteroatoms. The summed E-state index contributed by atoms with van der Waals surface area (Å²) in [4.78, 5) is 0. The summed E-state index contributed by atoms with van der Waals surface area (Å²) >= 11 is 0. The quantitative estimate of drug-likeness (QED) is 0.802. The molecule has 0 aliphatic carbocycles. The molecule has 1 atom stereocenters. The molecule has 1 aromatic rings. The van der Waals surface area contributed by atoms with Crippen LogP contribution in [0.3, 0.4) is 0 Å². The van der Waals surface area contributed by atoms with Gasteiger partial charge in [-0.1, -0.05) is 24.3 Å². The molecule has 0 bridgehead atoms. The third-order valence-corrected chi connectivity index (χ3v) is 2.83. The number of ether oxygens (including phenoxy) is 2. The van der Waals surface area contributed by atoms with Gasteiger partial charge in [0.1, 0.15) is 6.10 Å². The van der Waals surface area contributed by atoms with Gasteiger partial charge in [-0.05, 0) is 12.5 Å². The third-order valence-electron chi connectivity index (χ3n) is 2.83. The summed E-state index contributed by atoms with van der Waals surface area (Å²) in [6.07, 6.45) is -0.827. The van der Waals surface area contributed by atoms with Gasteiger partial charge in [-0.15, -0.1) is 0 Å². The molecule has 0 radical (unpaired) electrons. The zero-order chi connectivity index (χ0) is 11.6. The van der Waals surface area contributed by atoms with Gasteiger partial charge in [0.05, 0.1) is 19.8 Å². The van der Waals surface area contributed by atoms with Crippen LogP contribution in [0.5, 0.6) is 0 Å². The van der Waals surface area contributed by atoms with E-state index in [-0.39, 0.29) is 6.61 Å². The number of hydrogen-bond acceptors (Lipinski definition) is 4. The van der Waals surface area contributed by atoms with Crippen LogP contribution in [0.15, 0.2) is 24.3 Å². The first-order valence-corrected chi connectivity index (χ1v) is 5.33. The average Bonchev–Trinajstić information content (AvgIpc) is 2.77. The molecule has 1 saturated heterocycles. The Kier molecular flexibility index (Phi) is 3.25. The van der Waals surface area contributed by atoms with Crippen LogP contribution in [-0.4, -0.2) is 30.0 Å². The van der Waals surface area contributed by atoms with Crippen LogP contribution in [-0.2, 0) is 15.3 Å². The maximum absolute atomic E-state index is 9.44. The van der Waals surface area contributed by atoms with Crippen molar-refractivity contribution in [1.82, 2.24) is 0 Å². The lowest BCUT2D eigenvalue weighted by atomic mass is 10.0. The Labute approximate surface area is 94.4 Å². The van der Waals surface area contributed by atoms with E-state index in [1.54, 1.807) is 12.1 Å². The Morgan fingerprint density at radius 2 is 1.81 bits per heavy atom. The second-order valence-corrected chi connectivity index (χ2v) is 3.96. The summed E-state index contributed by atoms with van der Waals surface area (Å²) in [7, 11) is 0. The van der Waals surface area contributed by atoms with E-state index in [0.29, 0.717) is 18.8 Å². The molecule has 4 nitrogen and oxygen atoms in total. The van der Waals surface area contributed by atoms with Crippen molar-refractivity contribution in [2.45, 2.75) is 18.8 Å². The molecule has 1 heterocycles.